The molecule has 2 heterocycles. The van der Waals surface area contributed by atoms with Gasteiger partial charge in [-0.3, -0.25) is 23.7 Å². The monoisotopic (exact) mass is 674 g/mol. The summed E-state index contributed by atoms with van der Waals surface area (Å²) in [6.45, 7) is 7.76. The number of carbonyl (C=O) groups excluding carboxylic acids is 4. The first-order valence-electron chi connectivity index (χ1n) is 14.9. The van der Waals surface area contributed by atoms with E-state index in [9.17, 15) is 24.4 Å². The van der Waals surface area contributed by atoms with E-state index in [1.165, 1.54) is 11.5 Å². The van der Waals surface area contributed by atoms with E-state index in [0.29, 0.717) is 22.5 Å². The van der Waals surface area contributed by atoms with E-state index >= 15 is 0 Å². The second-order valence-electron chi connectivity index (χ2n) is 11.0. The molecule has 1 aliphatic heterocycles. The number of rotatable bonds is 9. The van der Waals surface area contributed by atoms with Crippen molar-refractivity contribution in [2.75, 3.05) is 6.61 Å². The summed E-state index contributed by atoms with van der Waals surface area (Å²) in [5, 5.41) is 19.4. The lowest BCUT2D eigenvalue weighted by molar-refractivity contribution is -0.268. The predicted molar refractivity (Wildman–Crippen MR) is 173 cm³/mol. The molecule has 3 aromatic rings. The Morgan fingerprint density at radius 2 is 1.42 bits per heavy atom. The molecule has 1 aromatic heterocycles. The molecule has 0 unspecified atom stereocenters. The van der Waals surface area contributed by atoms with Crippen LogP contribution in [0.25, 0.3) is 11.3 Å². The fourth-order valence-electron chi connectivity index (χ4n) is 5.29. The highest BCUT2D eigenvalue weighted by molar-refractivity contribution is 7.71. The van der Waals surface area contributed by atoms with Crippen molar-refractivity contribution in [1.82, 2.24) is 4.57 Å². The third kappa shape index (κ3) is 8.17. The Morgan fingerprint density at radius 3 is 1.98 bits per heavy atom. The molecule has 0 amide bonds. The molecule has 0 aliphatic carbocycles. The molecule has 14 heteroatoms. The van der Waals surface area contributed by atoms with Crippen molar-refractivity contribution in [3.63, 3.8) is 0 Å². The van der Waals surface area contributed by atoms with Crippen LogP contribution in [0.1, 0.15) is 50.6 Å². The van der Waals surface area contributed by atoms with Crippen LogP contribution >= 0.6 is 12.2 Å². The van der Waals surface area contributed by atoms with Crippen LogP contribution in [0.5, 0.6) is 0 Å². The van der Waals surface area contributed by atoms with Gasteiger partial charge in [0.25, 0.3) is 0 Å². The summed E-state index contributed by atoms with van der Waals surface area (Å²) in [6, 6.07) is 18.4. The van der Waals surface area contributed by atoms with E-state index in [2.05, 4.69) is 16.3 Å². The van der Waals surface area contributed by atoms with Gasteiger partial charge in [-0.05, 0) is 31.5 Å². The maximum absolute atomic E-state index is 12.6. The molecule has 0 N–H and O–H groups in total. The summed E-state index contributed by atoms with van der Waals surface area (Å²) in [5.74, 6) is -3.01. The van der Waals surface area contributed by atoms with Crippen LogP contribution < -0.4 is 0 Å². The lowest BCUT2D eigenvalue weighted by Crippen LogP contribution is -2.60. The fourth-order valence-corrected chi connectivity index (χ4v) is 5.69. The van der Waals surface area contributed by atoms with Crippen LogP contribution in [0.3, 0.4) is 0 Å². The van der Waals surface area contributed by atoms with E-state index in [1.807, 2.05) is 19.1 Å². The molecule has 0 radical (unpaired) electrons. The van der Waals surface area contributed by atoms with Gasteiger partial charge in [-0.1, -0.05) is 60.2 Å². The number of hydrogen-bond acceptors (Lipinski definition) is 13. The summed E-state index contributed by atoms with van der Waals surface area (Å²) in [7, 11) is 0. The minimum absolute atomic E-state index is 0.0240. The summed E-state index contributed by atoms with van der Waals surface area (Å²) in [5.41, 5.74) is 3.18. The molecule has 5 atom stereocenters. The predicted octanol–water partition coefficient (Wildman–Crippen LogP) is 6.04. The first-order chi connectivity index (χ1) is 22.8. The Bertz CT molecular complexity index is 1830. The van der Waals surface area contributed by atoms with Gasteiger partial charge in [0.05, 0.1) is 16.9 Å². The van der Waals surface area contributed by atoms with Crippen molar-refractivity contribution in [3.05, 3.63) is 75.9 Å². The van der Waals surface area contributed by atoms with Gasteiger partial charge in [0.2, 0.25) is 0 Å². The number of nitriles is 1. The smallest absolute Gasteiger partial charge is 0.303 e. The van der Waals surface area contributed by atoms with Gasteiger partial charge in [-0.2, -0.15) is 10.4 Å². The van der Waals surface area contributed by atoms with Gasteiger partial charge in [0, 0.05) is 33.3 Å². The molecular weight excluding hydrogens is 640 g/mol. The SMILES string of the molecule is CC(=O)OC[C@@H]1O[C@H](n2c(-c3ccccc3)c(N=Nc3ccc(C)cc3)c(C)c(C#N)c2=S)[C@H](OC(C)=O)[C@H](OC(C)=O)[C@@H]1OC(C)=O. The zero-order chi connectivity index (χ0) is 35.1. The summed E-state index contributed by atoms with van der Waals surface area (Å²) >= 11 is 5.90. The molecule has 4 rings (SSSR count). The van der Waals surface area contributed by atoms with Gasteiger partial charge < -0.3 is 23.7 Å². The maximum Gasteiger partial charge on any atom is 0.303 e. The van der Waals surface area contributed by atoms with Crippen molar-refractivity contribution in [2.45, 2.75) is 72.2 Å². The summed E-state index contributed by atoms with van der Waals surface area (Å²) < 4.78 is 30.1. The number of ether oxygens (including phenoxy) is 5. The largest absolute Gasteiger partial charge is 0.463 e. The second-order valence-corrected chi connectivity index (χ2v) is 11.4. The van der Waals surface area contributed by atoms with E-state index in [-0.39, 0.29) is 15.9 Å². The summed E-state index contributed by atoms with van der Waals surface area (Å²) in [4.78, 5) is 49.2. The normalized spacial score (nSPS) is 20.4. The highest BCUT2D eigenvalue weighted by Crippen LogP contribution is 2.43. The lowest BCUT2D eigenvalue weighted by atomic mass is 9.95. The van der Waals surface area contributed by atoms with Crippen molar-refractivity contribution in [3.8, 4) is 17.3 Å². The number of aromatic nitrogens is 1. The molecule has 1 aliphatic rings. The number of pyridine rings is 1. The zero-order valence-corrected chi connectivity index (χ0v) is 28.0. The molecule has 48 heavy (non-hydrogen) atoms. The Hall–Kier alpha value is -5.26. The number of benzene rings is 2. The van der Waals surface area contributed by atoms with E-state index in [4.69, 9.17) is 35.9 Å². The Kier molecular flexibility index (Phi) is 11.5. The molecule has 0 spiro atoms. The Morgan fingerprint density at radius 1 is 0.833 bits per heavy atom. The van der Waals surface area contributed by atoms with E-state index in [1.54, 1.807) is 49.4 Å². The average molecular weight is 675 g/mol. The number of nitrogens with zero attached hydrogens (tertiary/aromatic N) is 4. The van der Waals surface area contributed by atoms with Crippen LogP contribution in [0.4, 0.5) is 11.4 Å². The topological polar surface area (TPSA) is 168 Å². The Balaban J connectivity index is 2.08. The maximum atomic E-state index is 12.6. The van der Waals surface area contributed by atoms with Gasteiger partial charge in [0.15, 0.2) is 24.5 Å². The van der Waals surface area contributed by atoms with Crippen molar-refractivity contribution in [1.29, 1.82) is 5.26 Å². The minimum Gasteiger partial charge on any atom is -0.463 e. The van der Waals surface area contributed by atoms with Gasteiger partial charge in [-0.25, -0.2) is 0 Å². The third-order valence-corrected chi connectivity index (χ3v) is 7.71. The summed E-state index contributed by atoms with van der Waals surface area (Å²) in [6.07, 6.45) is -7.04. The molecule has 0 bridgehead atoms. The third-order valence-electron chi connectivity index (χ3n) is 7.31. The highest BCUT2D eigenvalue weighted by atomic mass is 32.1. The van der Waals surface area contributed by atoms with Crippen LogP contribution in [-0.4, -0.2) is 59.5 Å². The van der Waals surface area contributed by atoms with E-state index in [0.717, 1.165) is 26.3 Å². The van der Waals surface area contributed by atoms with Crippen molar-refractivity contribution >= 4 is 47.5 Å². The standard InChI is InChI=1S/C34H34N4O9S/c1-18-12-14-25(15-13-18)36-37-28-19(2)26(16-35)34(48)38(29(28)24-10-8-7-9-11-24)33-32(46-23(6)42)31(45-22(5)41)30(44-21(4)40)27(47-33)17-43-20(3)39/h7-15,27,30-33H,17H2,1-6H3/t27-,30+,31+,32+,33-/m0/s1. The fraction of sp³-hybridized carbons (Fsp3) is 0.353. The minimum atomic E-state index is -1.49. The quantitative estimate of drug-likeness (QED) is 0.112. The number of hydrogen-bond donors (Lipinski definition) is 0. The van der Waals surface area contributed by atoms with Crippen molar-refractivity contribution < 1.29 is 42.9 Å². The first kappa shape index (κ1) is 35.6. The lowest BCUT2D eigenvalue weighted by Gasteiger charge is -2.45. The number of esters is 4. The number of aryl methyl sites for hydroxylation is 1. The second kappa shape index (κ2) is 15.6. The molecule has 13 nitrogen and oxygen atoms in total. The average Bonchev–Trinajstić information content (AvgIpc) is 3.02. The number of carbonyl (C=O) groups is 4. The molecule has 1 saturated heterocycles. The number of azo groups is 1. The molecule has 0 saturated carbocycles. The van der Waals surface area contributed by atoms with Gasteiger partial charge in [-0.15, -0.1) is 5.11 Å². The first-order valence-corrected chi connectivity index (χ1v) is 15.3. The van der Waals surface area contributed by atoms with Crippen molar-refractivity contribution in [2.24, 2.45) is 10.2 Å². The zero-order valence-electron chi connectivity index (χ0n) is 27.2. The Labute approximate surface area is 282 Å². The van der Waals surface area contributed by atoms with Crippen LogP contribution in [0.2, 0.25) is 0 Å². The van der Waals surface area contributed by atoms with Gasteiger partial charge >= 0.3 is 23.9 Å². The van der Waals surface area contributed by atoms with Crippen LogP contribution in [-0.2, 0) is 42.9 Å². The van der Waals surface area contributed by atoms with Crippen LogP contribution in [0.15, 0.2) is 64.8 Å². The van der Waals surface area contributed by atoms with Crippen LogP contribution in [0, 0.1) is 29.8 Å². The van der Waals surface area contributed by atoms with E-state index < -0.39 is 61.1 Å². The molecule has 250 valence electrons. The van der Waals surface area contributed by atoms with Gasteiger partial charge in [0.1, 0.15) is 29.1 Å². The molecule has 2 aromatic carbocycles. The highest BCUT2D eigenvalue weighted by Gasteiger charge is 2.53. The molecule has 1 fully saturated rings. The molecular formula is C34H34N4O9S.